The van der Waals surface area contributed by atoms with Crippen LogP contribution >= 0.6 is 0 Å². The maximum atomic E-state index is 12.0. The number of aliphatic carboxylic acids is 1. The van der Waals surface area contributed by atoms with Gasteiger partial charge in [0.1, 0.15) is 6.29 Å². The smallest absolute Gasteiger partial charge is 0.333 e. The van der Waals surface area contributed by atoms with Gasteiger partial charge in [-0.3, -0.25) is 0 Å². The number of carbonyl (C=O) groups excluding carboxylic acids is 3. The van der Waals surface area contributed by atoms with Crippen LogP contribution in [0.25, 0.3) is 0 Å². The number of fused-ring (bicyclic) bond motifs is 20. The Kier molecular flexibility index (Phi) is 34.2. The van der Waals surface area contributed by atoms with E-state index in [4.69, 9.17) is 23.4 Å². The molecule has 13 heteroatoms. The summed E-state index contributed by atoms with van der Waals surface area (Å²) in [4.78, 5) is 45.9. The Morgan fingerprint density at radius 2 is 0.642 bits per heavy atom. The normalized spacial score (nSPS) is 41.5. The van der Waals surface area contributed by atoms with Crippen LogP contribution in [0.15, 0.2) is 81.5 Å². The van der Waals surface area contributed by atoms with Crippen molar-refractivity contribution in [3.8, 4) is 0 Å². The van der Waals surface area contributed by atoms with E-state index in [2.05, 4.69) is 187 Å². The molecule has 0 bridgehead atoms. The first-order valence-corrected chi connectivity index (χ1v) is 62.2. The third-order valence-electron chi connectivity index (χ3n) is 45.3. The molecular formula is C121H200O11Si2. The topological polar surface area (TPSA) is 166 Å². The van der Waals surface area contributed by atoms with Gasteiger partial charge < -0.3 is 38.4 Å². The highest BCUT2D eigenvalue weighted by atomic mass is 28.4. The van der Waals surface area contributed by atoms with Gasteiger partial charge in [-0.1, -0.05) is 189 Å². The van der Waals surface area contributed by atoms with E-state index in [1.807, 2.05) is 33.8 Å². The van der Waals surface area contributed by atoms with Crippen molar-refractivity contribution < 1.29 is 52.8 Å². The van der Waals surface area contributed by atoms with E-state index in [0.29, 0.717) is 98.0 Å². The zero-order valence-electron chi connectivity index (χ0n) is 90.8. The summed E-state index contributed by atoms with van der Waals surface area (Å²) in [7, 11) is -3.45. The van der Waals surface area contributed by atoms with Crippen molar-refractivity contribution in [3.05, 3.63) is 81.5 Å². The molecule has 0 spiro atoms. The summed E-state index contributed by atoms with van der Waals surface area (Å²) < 4.78 is 24.1. The van der Waals surface area contributed by atoms with E-state index >= 15 is 0 Å². The maximum absolute atomic E-state index is 12.0. The zero-order chi connectivity index (χ0) is 97.8. The Morgan fingerprint density at radius 3 is 0.903 bits per heavy atom. The number of aliphatic hydroxyl groups excluding tert-OH is 2. The average Bonchev–Trinajstić information content (AvgIpc) is 1.43. The standard InChI is InChI=1S/C35H60O3Si.C30H52O2Si.C29H46O3.C27H42O3/c1-11-37-32(36)25(3)14-12-13-24(2)29-17-18-30-28-16-15-26-23-27(38-39(9,10)33(4,5)6)19-21-34(26,7)31(28)20-22-35(29,30)8;1-21(10-9-19-31)25-13-14-26-24-12-11-22-20-23(32-33(7,8)28(2,3)4)15-17-29(22,5)27(24)16-18-30(25,26)6;1-6-32-27(31)20(3)9-7-8-19(2)24-12-13-25-23-11-10-21-18-22(30)14-16-28(21,4)26(23)15-17-29(24,25)5;1-17(6-5-7-18(2)25(29)30)22-10-11-23-21-9-8-19-16-20(28)12-14-26(19,3)24(21)13-15-27(22,23)4/h14-15,24,27-31H,11-13,16-23H2,1-10H3;11,19,21,23-27H,9-10,12-18,20H2,1-8H3;9-10,19,22-26,30H,6-8,11-18H2,1-5H3;7-8,17,20-24,28H,5-6,9-16H2,1-4H3,(H,29,30)/b25-14+;;20-9+;18-7+. The third kappa shape index (κ3) is 21.4. The molecule has 0 aliphatic heterocycles. The predicted octanol–water partition coefficient (Wildman–Crippen LogP) is 31.7. The molecule has 12 saturated carbocycles. The Balaban J connectivity index is 0.000000152. The molecule has 32 unspecified atom stereocenters. The van der Waals surface area contributed by atoms with Crippen LogP contribution in [0, 0.1) is 162 Å². The molecule has 0 amide bonds. The van der Waals surface area contributed by atoms with Crippen molar-refractivity contribution in [2.75, 3.05) is 13.2 Å². The summed E-state index contributed by atoms with van der Waals surface area (Å²) in [6.45, 7) is 64.6. The number of carboxylic acids is 1. The van der Waals surface area contributed by atoms with E-state index < -0.39 is 22.6 Å². The van der Waals surface area contributed by atoms with Crippen molar-refractivity contribution in [1.29, 1.82) is 0 Å². The second kappa shape index (κ2) is 42.4. The molecule has 758 valence electrons. The van der Waals surface area contributed by atoms with Crippen molar-refractivity contribution in [3.63, 3.8) is 0 Å². The van der Waals surface area contributed by atoms with Crippen molar-refractivity contribution in [2.24, 2.45) is 162 Å². The minimum absolute atomic E-state index is 0.113. The van der Waals surface area contributed by atoms with Crippen LogP contribution in [0.4, 0.5) is 0 Å². The molecule has 32 atom stereocenters. The first-order valence-electron chi connectivity index (χ1n) is 56.4. The van der Waals surface area contributed by atoms with Gasteiger partial charge in [0.15, 0.2) is 16.6 Å². The molecule has 16 rings (SSSR count). The van der Waals surface area contributed by atoms with Crippen molar-refractivity contribution in [2.45, 2.75) is 477 Å². The lowest BCUT2D eigenvalue weighted by Gasteiger charge is -2.59. The van der Waals surface area contributed by atoms with E-state index in [9.17, 15) is 29.4 Å². The molecule has 0 aromatic rings. The maximum Gasteiger partial charge on any atom is 0.333 e. The first kappa shape index (κ1) is 108. The monoisotopic (exact) mass is 1890 g/mol. The number of hydrogen-bond acceptors (Lipinski definition) is 10. The van der Waals surface area contributed by atoms with Crippen molar-refractivity contribution in [1.82, 2.24) is 0 Å². The second-order valence-electron chi connectivity index (χ2n) is 54.0. The average molecular weight is 1890 g/mol. The fourth-order valence-electron chi connectivity index (χ4n) is 35.4. The summed E-state index contributed by atoms with van der Waals surface area (Å²) in [5.74, 6) is 15.0. The van der Waals surface area contributed by atoms with Gasteiger partial charge in [-0.25, -0.2) is 14.4 Å². The molecule has 11 nitrogen and oxygen atoms in total. The molecule has 16 aliphatic carbocycles. The molecule has 0 heterocycles. The fraction of sp³-hybridized carbons (Fsp3) is 0.851. The lowest BCUT2D eigenvalue weighted by atomic mass is 9.47. The molecule has 134 heavy (non-hydrogen) atoms. The number of aldehydes is 1. The van der Waals surface area contributed by atoms with Crippen LogP contribution in [-0.4, -0.2) is 93.8 Å². The molecule has 12 fully saturated rings. The minimum Gasteiger partial charge on any atom is -0.478 e. The van der Waals surface area contributed by atoms with Gasteiger partial charge in [-0.05, 0) is 483 Å². The molecule has 0 aromatic carbocycles. The largest absolute Gasteiger partial charge is 0.478 e. The number of ether oxygens (including phenoxy) is 2. The summed E-state index contributed by atoms with van der Waals surface area (Å²) in [6.07, 6.45) is 67.3. The van der Waals surface area contributed by atoms with Crippen LogP contribution in [0.3, 0.4) is 0 Å². The quantitative estimate of drug-likeness (QED) is 0.0262. The predicted molar refractivity (Wildman–Crippen MR) is 559 cm³/mol. The lowest BCUT2D eigenvalue weighted by molar-refractivity contribution is -0.139. The Bertz CT molecular complexity index is 4290. The zero-order valence-corrected chi connectivity index (χ0v) is 92.8. The SMILES string of the molecule is C/C(=C\CCC(C)C1CCC2C3CC=C4CC(O)CCC4(C)C3CCC12C)C(=O)O.CC(CCC=O)C1CCC2C3CC=C4CC(O[Si](C)(C)C(C)(C)C)CCC4(C)C3CCC12C.CCOC(=O)/C(C)=C/CCC(C)C1CCC2C3CC=C4CC(O)CCC4(C)C3CCC12C.CCOC(=O)/C(C)=C/CCC(C)C1CCC2C3CC=C4CC(O[Si](C)(C)C(C)(C)C)CCC4(C)C3CCC12C. The van der Waals surface area contributed by atoms with E-state index in [1.165, 1.54) is 186 Å². The minimum atomic E-state index is -1.73. The van der Waals surface area contributed by atoms with Gasteiger partial charge >= 0.3 is 17.9 Å². The van der Waals surface area contributed by atoms with Gasteiger partial charge in [0.25, 0.3) is 0 Å². The van der Waals surface area contributed by atoms with E-state index in [1.54, 1.807) is 29.2 Å². The molecule has 3 N–H and O–H groups in total. The highest BCUT2D eigenvalue weighted by Crippen LogP contribution is 2.73. The van der Waals surface area contributed by atoms with Gasteiger partial charge in [-0.15, -0.1) is 0 Å². The summed E-state index contributed by atoms with van der Waals surface area (Å²) >= 11 is 0. The van der Waals surface area contributed by atoms with Crippen LogP contribution < -0.4 is 0 Å². The van der Waals surface area contributed by atoms with E-state index in [0.717, 1.165) is 183 Å². The highest BCUT2D eigenvalue weighted by molar-refractivity contribution is 6.74. The number of esters is 2. The third-order valence-corrected chi connectivity index (χ3v) is 54.4. The van der Waals surface area contributed by atoms with Crippen LogP contribution in [0.5, 0.6) is 0 Å². The van der Waals surface area contributed by atoms with Gasteiger partial charge in [0.05, 0.1) is 25.4 Å². The highest BCUT2D eigenvalue weighted by Gasteiger charge is 2.65. The first-order chi connectivity index (χ1) is 62.8. The lowest BCUT2D eigenvalue weighted by Crippen LogP contribution is -2.52. The molecular weight excluding hydrogens is 1690 g/mol. The Morgan fingerprint density at radius 1 is 0.381 bits per heavy atom. The molecule has 0 saturated heterocycles. The molecule has 0 aromatic heterocycles. The number of aliphatic hydroxyl groups is 2. The number of carboxylic acid groups (broad SMARTS) is 1. The van der Waals surface area contributed by atoms with Gasteiger partial charge in [0, 0.05) is 35.3 Å². The Hall–Kier alpha value is -3.47. The number of hydrogen-bond donors (Lipinski definition) is 3. The van der Waals surface area contributed by atoms with Crippen LogP contribution in [0.1, 0.15) is 416 Å². The van der Waals surface area contributed by atoms with Gasteiger partial charge in [0.2, 0.25) is 0 Å². The number of carbonyl (C=O) groups is 4. The number of rotatable bonds is 25. The van der Waals surface area contributed by atoms with E-state index in [-0.39, 0.29) is 34.2 Å². The summed E-state index contributed by atoms with van der Waals surface area (Å²) in [6, 6.07) is 0. The molecule has 0 radical (unpaired) electrons. The van der Waals surface area contributed by atoms with Crippen molar-refractivity contribution >= 4 is 40.8 Å². The number of allylic oxidation sites excluding steroid dienone is 7. The van der Waals surface area contributed by atoms with Gasteiger partial charge in [-0.2, -0.15) is 0 Å². The molecule has 16 aliphatic rings. The fourth-order valence-corrected chi connectivity index (χ4v) is 38.2. The second-order valence-corrected chi connectivity index (χ2v) is 63.5. The summed E-state index contributed by atoms with van der Waals surface area (Å²) in [5.41, 5.74) is 12.0. The van der Waals surface area contributed by atoms with Crippen LogP contribution in [-0.2, 0) is 37.5 Å². The van der Waals surface area contributed by atoms with Crippen LogP contribution in [0.2, 0.25) is 36.3 Å². The Labute approximate surface area is 821 Å². The summed E-state index contributed by atoms with van der Waals surface area (Å²) in [5, 5.41) is 30.1.